The Balaban J connectivity index is 3.78. The van der Waals surface area contributed by atoms with Crippen LogP contribution in [0, 0.1) is 0 Å². The minimum Gasteiger partial charge on any atom is -0.480 e. The highest BCUT2D eigenvalue weighted by Crippen LogP contribution is 2.20. The number of nitrogens with two attached hydrogens (primary N) is 1. The van der Waals surface area contributed by atoms with E-state index in [1.807, 2.05) is 0 Å². The normalized spacial score (nSPS) is 14.6. The van der Waals surface area contributed by atoms with E-state index in [0.717, 1.165) is 21.8 Å². The smallest absolute Gasteiger partial charge is 0.322 e. The van der Waals surface area contributed by atoms with Gasteiger partial charge in [-0.05, 0) is 21.8 Å². The molecule has 2 atom stereocenters. The average molecular weight is 288 g/mol. The van der Waals surface area contributed by atoms with Gasteiger partial charge in [-0.15, -0.1) is 0 Å². The number of nitrogens with one attached hydrogen (secondary N) is 1. The quantitative estimate of drug-likeness (QED) is 0.257. The Morgan fingerprint density at radius 3 is 2.40 bits per heavy atom. The summed E-state index contributed by atoms with van der Waals surface area (Å²) in [6.07, 6.45) is 0. The Morgan fingerprint density at radius 2 is 2.00 bits per heavy atom. The van der Waals surface area contributed by atoms with E-state index in [4.69, 9.17) is 10.8 Å². The van der Waals surface area contributed by atoms with Crippen LogP contribution in [0.4, 0.5) is 0 Å². The van der Waals surface area contributed by atoms with Gasteiger partial charge in [-0.3, -0.25) is 9.59 Å². The first-order valence-corrected chi connectivity index (χ1v) is 7.27. The number of carbonyl (C=O) groups is 2. The van der Waals surface area contributed by atoms with Crippen LogP contribution in [0.3, 0.4) is 0 Å². The second-order valence-electron chi connectivity index (χ2n) is 2.47. The van der Waals surface area contributed by atoms with E-state index in [9.17, 15) is 9.59 Å². The summed E-state index contributed by atoms with van der Waals surface area (Å²) in [7, 11) is 1.81. The molecule has 15 heavy (non-hydrogen) atoms. The molecule has 0 saturated carbocycles. The SMILES string of the molecule is N[C@@H](CS)C(=O)SSN[C@@H](CS)C(=O)O. The van der Waals surface area contributed by atoms with E-state index in [-0.39, 0.29) is 16.6 Å². The topological polar surface area (TPSA) is 92.4 Å². The van der Waals surface area contributed by atoms with Gasteiger partial charge < -0.3 is 10.8 Å². The van der Waals surface area contributed by atoms with Crippen molar-refractivity contribution in [1.82, 2.24) is 4.72 Å². The summed E-state index contributed by atoms with van der Waals surface area (Å²) in [4.78, 5) is 21.7. The Labute approximate surface area is 107 Å². The zero-order valence-electron chi connectivity index (χ0n) is 7.62. The molecule has 0 aliphatic heterocycles. The lowest BCUT2D eigenvalue weighted by Crippen LogP contribution is -2.34. The summed E-state index contributed by atoms with van der Waals surface area (Å²) >= 11 is 7.72. The maximum Gasteiger partial charge on any atom is 0.322 e. The summed E-state index contributed by atoms with van der Waals surface area (Å²) in [5.74, 6) is -0.596. The standard InChI is InChI=1S/C6H12N2O3S4/c7-3(1-12)6(11)14-15-8-4(2-13)5(9)10/h3-4,8,12-13H,1-2,7H2,(H,9,10)/t3-,4-/m0/s1. The second kappa shape index (κ2) is 8.59. The average Bonchev–Trinajstić information content (AvgIpc) is 2.22. The van der Waals surface area contributed by atoms with Crippen molar-refractivity contribution >= 4 is 58.1 Å². The molecule has 0 aromatic carbocycles. The number of carbonyl (C=O) groups excluding carboxylic acids is 1. The van der Waals surface area contributed by atoms with Crippen LogP contribution in [0.25, 0.3) is 0 Å². The summed E-state index contributed by atoms with van der Waals surface area (Å²) in [6, 6.07) is -1.42. The molecule has 0 bridgehead atoms. The third-order valence-electron chi connectivity index (χ3n) is 1.29. The second-order valence-corrected chi connectivity index (χ2v) is 5.17. The van der Waals surface area contributed by atoms with Crippen molar-refractivity contribution in [3.05, 3.63) is 0 Å². The lowest BCUT2D eigenvalue weighted by Gasteiger charge is -2.10. The van der Waals surface area contributed by atoms with Crippen molar-refractivity contribution in [3.63, 3.8) is 0 Å². The first-order chi connectivity index (χ1) is 7.02. The molecule has 0 aliphatic carbocycles. The summed E-state index contributed by atoms with van der Waals surface area (Å²) in [5, 5.41) is 8.39. The lowest BCUT2D eigenvalue weighted by molar-refractivity contribution is -0.138. The minimum absolute atomic E-state index is 0.149. The number of carboxylic acid groups (broad SMARTS) is 1. The highest BCUT2D eigenvalue weighted by Gasteiger charge is 2.17. The predicted octanol–water partition coefficient (Wildman–Crippen LogP) is 0.0391. The van der Waals surface area contributed by atoms with Gasteiger partial charge in [0, 0.05) is 11.5 Å². The zero-order valence-corrected chi connectivity index (χ0v) is 11.0. The molecule has 0 aromatic heterocycles. The summed E-state index contributed by atoms with van der Waals surface area (Å²) < 4.78 is 2.58. The van der Waals surface area contributed by atoms with E-state index in [0.29, 0.717) is 0 Å². The lowest BCUT2D eigenvalue weighted by atomic mass is 10.4. The van der Waals surface area contributed by atoms with Gasteiger partial charge >= 0.3 is 5.97 Å². The molecule has 88 valence electrons. The number of hydrogen-bond acceptors (Lipinski definition) is 8. The van der Waals surface area contributed by atoms with Crippen molar-refractivity contribution in [2.45, 2.75) is 12.1 Å². The van der Waals surface area contributed by atoms with Gasteiger partial charge in [0.2, 0.25) is 5.12 Å². The highest BCUT2D eigenvalue weighted by atomic mass is 33.1. The van der Waals surface area contributed by atoms with Gasteiger partial charge in [-0.1, -0.05) is 0 Å². The van der Waals surface area contributed by atoms with Crippen LogP contribution >= 0.6 is 47.0 Å². The van der Waals surface area contributed by atoms with Crippen LogP contribution < -0.4 is 10.5 Å². The van der Waals surface area contributed by atoms with Crippen LogP contribution in [-0.2, 0) is 9.59 Å². The number of hydrogen-bond donors (Lipinski definition) is 5. The first-order valence-electron chi connectivity index (χ1n) is 3.86. The van der Waals surface area contributed by atoms with Gasteiger partial charge in [-0.25, -0.2) is 4.72 Å². The fourth-order valence-corrected chi connectivity index (χ4v) is 2.83. The molecule has 0 heterocycles. The Morgan fingerprint density at radius 1 is 1.40 bits per heavy atom. The van der Waals surface area contributed by atoms with Crippen molar-refractivity contribution in [2.24, 2.45) is 5.73 Å². The largest absolute Gasteiger partial charge is 0.480 e. The van der Waals surface area contributed by atoms with E-state index >= 15 is 0 Å². The number of thiol groups is 2. The number of rotatable bonds is 7. The molecule has 0 fully saturated rings. The third-order valence-corrected chi connectivity index (χ3v) is 4.02. The monoisotopic (exact) mass is 288 g/mol. The molecular formula is C6H12N2O3S4. The van der Waals surface area contributed by atoms with E-state index in [2.05, 4.69) is 30.0 Å². The summed E-state index contributed by atoms with van der Waals surface area (Å²) in [5.41, 5.74) is 5.41. The van der Waals surface area contributed by atoms with Gasteiger partial charge in [0.15, 0.2) is 0 Å². The maximum absolute atomic E-state index is 11.2. The van der Waals surface area contributed by atoms with Crippen LogP contribution in [-0.4, -0.2) is 39.8 Å². The molecule has 5 nitrogen and oxygen atoms in total. The van der Waals surface area contributed by atoms with Crippen LogP contribution in [0.15, 0.2) is 0 Å². The van der Waals surface area contributed by atoms with Crippen molar-refractivity contribution < 1.29 is 14.7 Å². The molecule has 9 heteroatoms. The van der Waals surface area contributed by atoms with Crippen LogP contribution in [0.5, 0.6) is 0 Å². The van der Waals surface area contributed by atoms with E-state index < -0.39 is 18.1 Å². The predicted molar refractivity (Wildman–Crippen MR) is 70.4 cm³/mol. The van der Waals surface area contributed by atoms with Crippen molar-refractivity contribution in [2.75, 3.05) is 11.5 Å². The number of carboxylic acids is 1. The van der Waals surface area contributed by atoms with Crippen molar-refractivity contribution in [3.8, 4) is 0 Å². The Bertz CT molecular complexity index is 228. The van der Waals surface area contributed by atoms with Crippen molar-refractivity contribution in [1.29, 1.82) is 0 Å². The Hall–Kier alpha value is 0.460. The maximum atomic E-state index is 11.2. The fraction of sp³-hybridized carbons (Fsp3) is 0.667. The molecule has 0 radical (unpaired) electrons. The van der Waals surface area contributed by atoms with Crippen LogP contribution in [0.2, 0.25) is 0 Å². The summed E-state index contributed by atoms with van der Waals surface area (Å²) in [6.45, 7) is 0. The molecule has 0 saturated heterocycles. The molecule has 0 amide bonds. The third kappa shape index (κ3) is 6.59. The molecule has 0 unspecified atom stereocenters. The Kier molecular flexibility index (Phi) is 8.86. The molecule has 0 spiro atoms. The van der Waals surface area contributed by atoms with Gasteiger partial charge in [0.1, 0.15) is 6.04 Å². The zero-order chi connectivity index (χ0) is 11.8. The fourth-order valence-electron chi connectivity index (χ4n) is 0.425. The van der Waals surface area contributed by atoms with E-state index in [1.54, 1.807) is 0 Å². The molecular weight excluding hydrogens is 276 g/mol. The first kappa shape index (κ1) is 15.5. The highest BCUT2D eigenvalue weighted by molar-refractivity contribution is 8.81. The van der Waals surface area contributed by atoms with Gasteiger partial charge in [0.25, 0.3) is 0 Å². The molecule has 0 aromatic rings. The van der Waals surface area contributed by atoms with E-state index in [1.165, 1.54) is 0 Å². The molecule has 0 aliphatic rings. The van der Waals surface area contributed by atoms with Gasteiger partial charge in [0.05, 0.1) is 6.04 Å². The van der Waals surface area contributed by atoms with Gasteiger partial charge in [-0.2, -0.15) is 25.3 Å². The molecule has 4 N–H and O–H groups in total. The minimum atomic E-state index is -1.01. The van der Waals surface area contributed by atoms with Crippen LogP contribution in [0.1, 0.15) is 0 Å². The number of aliphatic carboxylic acids is 1. The molecule has 0 rings (SSSR count).